The van der Waals surface area contributed by atoms with Crippen LogP contribution in [0.15, 0.2) is 54.6 Å². The van der Waals surface area contributed by atoms with Gasteiger partial charge in [0, 0.05) is 19.3 Å². The molecular formula is C22H30N2O2. The molecule has 0 atom stereocenters. The summed E-state index contributed by atoms with van der Waals surface area (Å²) >= 11 is 0. The van der Waals surface area contributed by atoms with E-state index in [-0.39, 0.29) is 12.5 Å². The van der Waals surface area contributed by atoms with Crippen molar-refractivity contribution in [3.63, 3.8) is 0 Å². The Morgan fingerprint density at radius 3 is 2.38 bits per heavy atom. The van der Waals surface area contributed by atoms with Crippen molar-refractivity contribution in [2.75, 3.05) is 30.4 Å². The first kappa shape index (κ1) is 19.8. The normalized spacial score (nSPS) is 10.6. The molecular weight excluding hydrogens is 324 g/mol. The summed E-state index contributed by atoms with van der Waals surface area (Å²) in [6, 6.07) is 17.4. The van der Waals surface area contributed by atoms with Gasteiger partial charge in [0.05, 0.1) is 5.69 Å². The molecule has 4 heteroatoms. The number of likely N-dealkylation sites (N-methyl/N-ethyl adjacent to an activating group) is 1. The van der Waals surface area contributed by atoms with Crippen LogP contribution in [0.5, 0.6) is 5.75 Å². The van der Waals surface area contributed by atoms with Crippen molar-refractivity contribution in [2.24, 2.45) is 5.92 Å². The van der Waals surface area contributed by atoms with Crippen molar-refractivity contribution in [3.05, 3.63) is 54.6 Å². The summed E-state index contributed by atoms with van der Waals surface area (Å²) in [5.74, 6) is 1.38. The number of amides is 1. The number of anilines is 2. The number of benzene rings is 2. The molecule has 0 saturated heterocycles. The molecule has 0 aliphatic heterocycles. The average molecular weight is 354 g/mol. The van der Waals surface area contributed by atoms with Gasteiger partial charge >= 0.3 is 0 Å². The Bertz CT molecular complexity index is 669. The Morgan fingerprint density at radius 1 is 1.04 bits per heavy atom. The summed E-state index contributed by atoms with van der Waals surface area (Å²) in [6.07, 6.45) is 3.55. The Morgan fingerprint density at radius 2 is 1.69 bits per heavy atom. The highest BCUT2D eigenvalue weighted by Gasteiger charge is 2.12. The zero-order chi connectivity index (χ0) is 18.8. The van der Waals surface area contributed by atoms with E-state index in [9.17, 15) is 4.79 Å². The van der Waals surface area contributed by atoms with Crippen LogP contribution in [0.3, 0.4) is 0 Å². The molecule has 4 nitrogen and oxygen atoms in total. The van der Waals surface area contributed by atoms with Crippen molar-refractivity contribution >= 4 is 17.3 Å². The average Bonchev–Trinajstić information content (AvgIpc) is 2.70. The molecule has 140 valence electrons. The molecule has 0 heterocycles. The first-order chi connectivity index (χ1) is 12.7. The minimum absolute atomic E-state index is 0.0105. The van der Waals surface area contributed by atoms with Gasteiger partial charge in [-0.2, -0.15) is 0 Å². The molecule has 2 aromatic carbocycles. The zero-order valence-corrected chi connectivity index (χ0v) is 16.1. The van der Waals surface area contributed by atoms with Gasteiger partial charge in [-0.1, -0.05) is 57.0 Å². The van der Waals surface area contributed by atoms with Crippen LogP contribution in [0.2, 0.25) is 0 Å². The molecule has 0 saturated carbocycles. The minimum Gasteiger partial charge on any atom is -0.482 e. The van der Waals surface area contributed by atoms with E-state index < -0.39 is 0 Å². The van der Waals surface area contributed by atoms with Crippen molar-refractivity contribution in [3.8, 4) is 5.75 Å². The molecule has 1 amide bonds. The largest absolute Gasteiger partial charge is 0.482 e. The zero-order valence-electron chi connectivity index (χ0n) is 16.1. The van der Waals surface area contributed by atoms with Gasteiger partial charge in [0.1, 0.15) is 5.75 Å². The summed E-state index contributed by atoms with van der Waals surface area (Å²) in [5, 5.41) is 3.45. The van der Waals surface area contributed by atoms with Gasteiger partial charge in [-0.3, -0.25) is 4.79 Å². The van der Waals surface area contributed by atoms with Gasteiger partial charge in [-0.15, -0.1) is 0 Å². The lowest BCUT2D eigenvalue weighted by atomic mass is 10.00. The van der Waals surface area contributed by atoms with Gasteiger partial charge in [0.2, 0.25) is 0 Å². The lowest BCUT2D eigenvalue weighted by molar-refractivity contribution is -0.120. The fourth-order valence-corrected chi connectivity index (χ4v) is 2.88. The highest BCUT2D eigenvalue weighted by molar-refractivity contribution is 5.93. The molecule has 0 bridgehead atoms. The summed E-state index contributed by atoms with van der Waals surface area (Å²) in [5.41, 5.74) is 1.80. The van der Waals surface area contributed by atoms with E-state index in [2.05, 4.69) is 19.2 Å². The van der Waals surface area contributed by atoms with Crippen LogP contribution in [0.25, 0.3) is 0 Å². The maximum Gasteiger partial charge on any atom is 0.264 e. The van der Waals surface area contributed by atoms with Crippen molar-refractivity contribution in [1.29, 1.82) is 0 Å². The second kappa shape index (κ2) is 10.5. The molecule has 0 unspecified atom stereocenters. The van der Waals surface area contributed by atoms with Gasteiger partial charge < -0.3 is 15.0 Å². The highest BCUT2D eigenvalue weighted by atomic mass is 16.5. The van der Waals surface area contributed by atoms with Crippen LogP contribution < -0.4 is 15.0 Å². The standard InChI is InChI=1S/C22H30N2O2/c1-4-18(5-2)15-16-23-20-13-9-10-14-21(20)26-17-22(25)24(3)19-11-7-6-8-12-19/h6-14,18,23H,4-5,15-17H2,1-3H3. The number of para-hydroxylation sites is 3. The number of carbonyl (C=O) groups is 1. The lowest BCUT2D eigenvalue weighted by Gasteiger charge is -2.19. The van der Waals surface area contributed by atoms with Crippen LogP contribution >= 0.6 is 0 Å². The predicted octanol–water partition coefficient (Wildman–Crippen LogP) is 4.97. The van der Waals surface area contributed by atoms with E-state index in [1.54, 1.807) is 11.9 Å². The lowest BCUT2D eigenvalue weighted by Crippen LogP contribution is -2.31. The third-order valence-corrected chi connectivity index (χ3v) is 4.78. The fraction of sp³-hybridized carbons (Fsp3) is 0.409. The van der Waals surface area contributed by atoms with Crippen LogP contribution in [-0.2, 0) is 4.79 Å². The van der Waals surface area contributed by atoms with Crippen LogP contribution in [0.4, 0.5) is 11.4 Å². The predicted molar refractivity (Wildman–Crippen MR) is 109 cm³/mol. The van der Waals surface area contributed by atoms with Crippen molar-refractivity contribution in [1.82, 2.24) is 0 Å². The maximum atomic E-state index is 12.4. The molecule has 0 fully saturated rings. The maximum absolute atomic E-state index is 12.4. The molecule has 0 aromatic heterocycles. The monoisotopic (exact) mass is 354 g/mol. The molecule has 0 radical (unpaired) electrons. The van der Waals surface area contributed by atoms with Crippen LogP contribution in [0, 0.1) is 5.92 Å². The SMILES string of the molecule is CCC(CC)CCNc1ccccc1OCC(=O)N(C)c1ccccc1. The third-order valence-electron chi connectivity index (χ3n) is 4.78. The van der Waals surface area contributed by atoms with E-state index in [1.165, 1.54) is 12.8 Å². The quantitative estimate of drug-likeness (QED) is 0.655. The van der Waals surface area contributed by atoms with Crippen molar-refractivity contribution < 1.29 is 9.53 Å². The topological polar surface area (TPSA) is 41.6 Å². The second-order valence-corrected chi connectivity index (χ2v) is 6.47. The number of rotatable bonds is 10. The first-order valence-electron chi connectivity index (χ1n) is 9.43. The Hall–Kier alpha value is -2.49. The molecule has 26 heavy (non-hydrogen) atoms. The Kier molecular flexibility index (Phi) is 8.00. The molecule has 0 aliphatic rings. The number of nitrogens with one attached hydrogen (secondary N) is 1. The van der Waals surface area contributed by atoms with Gasteiger partial charge in [0.25, 0.3) is 5.91 Å². The van der Waals surface area contributed by atoms with E-state index in [0.29, 0.717) is 5.75 Å². The number of hydrogen-bond acceptors (Lipinski definition) is 3. The molecule has 1 N–H and O–H groups in total. The van der Waals surface area contributed by atoms with Crippen LogP contribution in [0.1, 0.15) is 33.1 Å². The van der Waals surface area contributed by atoms with E-state index in [0.717, 1.165) is 30.3 Å². The first-order valence-corrected chi connectivity index (χ1v) is 9.43. The third kappa shape index (κ3) is 5.80. The van der Waals surface area contributed by atoms with Crippen molar-refractivity contribution in [2.45, 2.75) is 33.1 Å². The molecule has 0 aliphatic carbocycles. The number of carbonyl (C=O) groups excluding carboxylic acids is 1. The second-order valence-electron chi connectivity index (χ2n) is 6.47. The molecule has 2 rings (SSSR count). The van der Waals surface area contributed by atoms with E-state index in [1.807, 2.05) is 54.6 Å². The van der Waals surface area contributed by atoms with Gasteiger partial charge in [-0.05, 0) is 36.6 Å². The fourth-order valence-electron chi connectivity index (χ4n) is 2.88. The van der Waals surface area contributed by atoms with E-state index in [4.69, 9.17) is 4.74 Å². The number of nitrogens with zero attached hydrogens (tertiary/aromatic N) is 1. The number of hydrogen-bond donors (Lipinski definition) is 1. The summed E-state index contributed by atoms with van der Waals surface area (Å²) in [4.78, 5) is 14.0. The van der Waals surface area contributed by atoms with E-state index >= 15 is 0 Å². The molecule has 2 aromatic rings. The van der Waals surface area contributed by atoms with Gasteiger partial charge in [-0.25, -0.2) is 0 Å². The van der Waals surface area contributed by atoms with Crippen LogP contribution in [-0.4, -0.2) is 26.1 Å². The summed E-state index contributed by atoms with van der Waals surface area (Å²) < 4.78 is 5.80. The smallest absolute Gasteiger partial charge is 0.264 e. The molecule has 0 spiro atoms. The highest BCUT2D eigenvalue weighted by Crippen LogP contribution is 2.24. The Balaban J connectivity index is 1.90. The van der Waals surface area contributed by atoms with Gasteiger partial charge in [0.15, 0.2) is 6.61 Å². The summed E-state index contributed by atoms with van der Waals surface area (Å²) in [7, 11) is 1.76. The minimum atomic E-state index is -0.0805. The summed E-state index contributed by atoms with van der Waals surface area (Å²) in [6.45, 7) is 5.39. The Labute approximate surface area is 157 Å². The number of ether oxygens (including phenoxy) is 1.